The number of carbonyl (C=O) groups excluding carboxylic acids is 2. The molecule has 0 saturated heterocycles. The van der Waals surface area contributed by atoms with Gasteiger partial charge in [-0.2, -0.15) is 0 Å². The summed E-state index contributed by atoms with van der Waals surface area (Å²) in [7, 11) is 2.57. The number of aromatic hydroxyl groups is 1. The summed E-state index contributed by atoms with van der Waals surface area (Å²) >= 11 is 0. The van der Waals surface area contributed by atoms with Crippen molar-refractivity contribution in [3.05, 3.63) is 23.8 Å². The molecule has 0 aliphatic heterocycles. The lowest BCUT2D eigenvalue weighted by Gasteiger charge is -2.23. The third-order valence-electron chi connectivity index (χ3n) is 3.69. The molecule has 1 aromatic carbocycles. The number of phenolic OH excluding ortho intramolecular Hbond substituents is 1. The summed E-state index contributed by atoms with van der Waals surface area (Å²) in [5.41, 5.74) is 0.282. The van der Waals surface area contributed by atoms with Gasteiger partial charge in [0.15, 0.2) is 17.6 Å². The number of hydrogen-bond donors (Lipinski definition) is 6. The summed E-state index contributed by atoms with van der Waals surface area (Å²) in [6, 6.07) is 2.65. The van der Waals surface area contributed by atoms with Gasteiger partial charge in [-0.15, -0.1) is 0 Å². The maximum Gasteiger partial charge on any atom is 0.335 e. The van der Waals surface area contributed by atoms with Gasteiger partial charge < -0.3 is 40.1 Å². The molecule has 6 N–H and O–H groups in total. The molecule has 1 aromatic rings. The highest BCUT2D eigenvalue weighted by atomic mass is 16.5. The number of rotatable bonds is 10. The molecule has 0 unspecified atom stereocenters. The van der Waals surface area contributed by atoms with Crippen molar-refractivity contribution in [1.82, 2.24) is 0 Å². The molecule has 11 nitrogen and oxygen atoms in total. The SMILES string of the molecule is COc1cc(/C=C/C(=O)C(=O)[C@H](O)[C@@H](O)[C@H](O)[C@H](O)C(=O)O)cc(OC)c1O. The van der Waals surface area contributed by atoms with Crippen molar-refractivity contribution >= 4 is 23.6 Å². The minimum absolute atomic E-state index is 0.0269. The first-order chi connectivity index (χ1) is 13.0. The average molecular weight is 400 g/mol. The molecule has 28 heavy (non-hydrogen) atoms. The Kier molecular flexibility index (Phi) is 8.07. The minimum Gasteiger partial charge on any atom is -0.502 e. The van der Waals surface area contributed by atoms with Gasteiger partial charge in [0.2, 0.25) is 17.3 Å². The maximum absolute atomic E-state index is 11.9. The highest BCUT2D eigenvalue weighted by Gasteiger charge is 2.38. The molecule has 0 fully saturated rings. The second-order valence-corrected chi connectivity index (χ2v) is 5.54. The molecule has 0 aromatic heterocycles. The Bertz CT molecular complexity index is 745. The Morgan fingerprint density at radius 1 is 0.929 bits per heavy atom. The Hall–Kier alpha value is -2.99. The molecular formula is C17H20O11. The van der Waals surface area contributed by atoms with Crippen LogP contribution in [0.4, 0.5) is 0 Å². The van der Waals surface area contributed by atoms with Gasteiger partial charge in [0.25, 0.3) is 0 Å². The summed E-state index contributed by atoms with van der Waals surface area (Å²) in [5, 5.41) is 56.2. The normalized spacial score (nSPS) is 15.5. The highest BCUT2D eigenvalue weighted by Crippen LogP contribution is 2.37. The van der Waals surface area contributed by atoms with E-state index in [0.717, 1.165) is 12.2 Å². The number of aliphatic hydroxyl groups excluding tert-OH is 4. The number of carbonyl (C=O) groups is 3. The molecule has 0 bridgehead atoms. The molecule has 11 heteroatoms. The zero-order valence-electron chi connectivity index (χ0n) is 14.8. The highest BCUT2D eigenvalue weighted by molar-refractivity contribution is 6.43. The molecule has 1 rings (SSSR count). The molecule has 154 valence electrons. The van der Waals surface area contributed by atoms with Gasteiger partial charge >= 0.3 is 5.97 Å². The fraction of sp³-hybridized carbons (Fsp3) is 0.353. The zero-order chi connectivity index (χ0) is 21.6. The van der Waals surface area contributed by atoms with Gasteiger partial charge in [0, 0.05) is 0 Å². The number of hydrogen-bond acceptors (Lipinski definition) is 10. The Labute approximate surface area is 158 Å². The summed E-state index contributed by atoms with van der Waals surface area (Å²) in [4.78, 5) is 34.3. The van der Waals surface area contributed by atoms with Crippen molar-refractivity contribution in [2.45, 2.75) is 24.4 Å². The van der Waals surface area contributed by atoms with Crippen LogP contribution in [-0.4, -0.2) is 86.8 Å². The average Bonchev–Trinajstić information content (AvgIpc) is 2.69. The van der Waals surface area contributed by atoms with Gasteiger partial charge in [-0.3, -0.25) is 9.59 Å². The van der Waals surface area contributed by atoms with Crippen LogP contribution in [0.2, 0.25) is 0 Å². The first kappa shape index (κ1) is 23.0. The molecule has 0 spiro atoms. The quantitative estimate of drug-likeness (QED) is 0.190. The van der Waals surface area contributed by atoms with Crippen LogP contribution in [0.5, 0.6) is 17.2 Å². The van der Waals surface area contributed by atoms with Gasteiger partial charge in [-0.25, -0.2) is 4.79 Å². The second-order valence-electron chi connectivity index (χ2n) is 5.54. The lowest BCUT2D eigenvalue weighted by Crippen LogP contribution is -2.51. The van der Waals surface area contributed by atoms with Gasteiger partial charge in [0.1, 0.15) is 18.3 Å². The molecule has 0 amide bonds. The van der Waals surface area contributed by atoms with Crippen LogP contribution in [-0.2, 0) is 14.4 Å². The minimum atomic E-state index is -2.47. The van der Waals surface area contributed by atoms with E-state index in [1.165, 1.54) is 26.4 Å². The predicted octanol–water partition coefficient (Wildman–Crippen LogP) is -1.91. The van der Waals surface area contributed by atoms with E-state index < -0.39 is 42.0 Å². The van der Waals surface area contributed by atoms with E-state index in [1.807, 2.05) is 0 Å². The topological polar surface area (TPSA) is 191 Å². The van der Waals surface area contributed by atoms with Gasteiger partial charge in [-0.05, 0) is 23.8 Å². The first-order valence-corrected chi connectivity index (χ1v) is 7.71. The number of Topliss-reactive ketones (excluding diaryl/α,β-unsaturated/α-hetero) is 1. The third kappa shape index (κ3) is 5.27. The lowest BCUT2D eigenvalue weighted by atomic mass is 9.98. The van der Waals surface area contributed by atoms with Crippen LogP contribution in [0.1, 0.15) is 5.56 Å². The number of phenols is 1. The van der Waals surface area contributed by atoms with E-state index in [-0.39, 0.29) is 22.8 Å². The van der Waals surface area contributed by atoms with E-state index >= 15 is 0 Å². The number of aliphatic hydroxyl groups is 4. The van der Waals surface area contributed by atoms with Crippen molar-refractivity contribution in [2.75, 3.05) is 14.2 Å². The molecule has 0 saturated carbocycles. The molecule has 0 heterocycles. The van der Waals surface area contributed by atoms with Crippen LogP contribution in [0, 0.1) is 0 Å². The number of aliphatic carboxylic acids is 1. The monoisotopic (exact) mass is 400 g/mol. The molecule has 0 aliphatic carbocycles. The van der Waals surface area contributed by atoms with Crippen molar-refractivity contribution in [2.24, 2.45) is 0 Å². The van der Waals surface area contributed by atoms with Crippen molar-refractivity contribution in [3.8, 4) is 17.2 Å². The van der Waals surface area contributed by atoms with Crippen LogP contribution in [0.15, 0.2) is 18.2 Å². The maximum atomic E-state index is 11.9. The van der Waals surface area contributed by atoms with Crippen LogP contribution in [0.3, 0.4) is 0 Å². The van der Waals surface area contributed by atoms with E-state index in [9.17, 15) is 34.8 Å². The Balaban J connectivity index is 2.95. The second kappa shape index (κ2) is 9.80. The number of allylic oxidation sites excluding steroid dienone is 1. The van der Waals surface area contributed by atoms with Crippen LogP contribution < -0.4 is 9.47 Å². The molecule has 0 aliphatic rings. The van der Waals surface area contributed by atoms with Gasteiger partial charge in [-0.1, -0.05) is 6.08 Å². The van der Waals surface area contributed by atoms with E-state index in [2.05, 4.69) is 0 Å². The summed E-state index contributed by atoms with van der Waals surface area (Å²) in [6.45, 7) is 0. The molecular weight excluding hydrogens is 380 g/mol. The summed E-state index contributed by atoms with van der Waals surface area (Å²) < 4.78 is 9.86. The lowest BCUT2D eigenvalue weighted by molar-refractivity contribution is -0.166. The number of benzene rings is 1. The number of ketones is 2. The number of methoxy groups -OCH3 is 2. The smallest absolute Gasteiger partial charge is 0.335 e. The third-order valence-corrected chi connectivity index (χ3v) is 3.69. The Morgan fingerprint density at radius 2 is 1.39 bits per heavy atom. The van der Waals surface area contributed by atoms with E-state index in [0.29, 0.717) is 0 Å². The predicted molar refractivity (Wildman–Crippen MR) is 91.9 cm³/mol. The van der Waals surface area contributed by atoms with Crippen molar-refractivity contribution < 1.29 is 54.5 Å². The molecule has 0 radical (unpaired) electrons. The number of carboxylic acids is 1. The van der Waals surface area contributed by atoms with Crippen molar-refractivity contribution in [1.29, 1.82) is 0 Å². The standard InChI is InChI=1S/C17H20O11/c1-27-9-5-7(6-10(28-2)12(9)20)3-4-8(18)11(19)13(21)14(22)15(23)16(24)17(25)26/h3-6,13-16,20-24H,1-2H3,(H,25,26)/b4-3+/t13-,14+,15-,16-/m0/s1. The number of carboxylic acid groups (broad SMARTS) is 1. The summed E-state index contributed by atoms with van der Waals surface area (Å²) in [5.74, 6) is -4.95. The Morgan fingerprint density at radius 3 is 1.82 bits per heavy atom. The van der Waals surface area contributed by atoms with E-state index in [4.69, 9.17) is 19.7 Å². The molecule has 4 atom stereocenters. The van der Waals surface area contributed by atoms with Crippen molar-refractivity contribution in [3.63, 3.8) is 0 Å². The van der Waals surface area contributed by atoms with Gasteiger partial charge in [0.05, 0.1) is 14.2 Å². The van der Waals surface area contributed by atoms with E-state index in [1.54, 1.807) is 0 Å². The largest absolute Gasteiger partial charge is 0.502 e. The van der Waals surface area contributed by atoms with Crippen LogP contribution in [0.25, 0.3) is 6.08 Å². The zero-order valence-corrected chi connectivity index (χ0v) is 14.8. The van der Waals surface area contributed by atoms with Crippen LogP contribution >= 0.6 is 0 Å². The fourth-order valence-corrected chi connectivity index (χ4v) is 2.08. The number of ether oxygens (including phenoxy) is 2. The first-order valence-electron chi connectivity index (χ1n) is 7.71. The fourth-order valence-electron chi connectivity index (χ4n) is 2.08. The summed E-state index contributed by atoms with van der Waals surface area (Å²) in [6.07, 6.45) is -7.88.